The summed E-state index contributed by atoms with van der Waals surface area (Å²) in [4.78, 5) is 12.4. The third-order valence-electron chi connectivity index (χ3n) is 4.20. The maximum Gasteiger partial charge on any atom is 0.271 e. The van der Waals surface area contributed by atoms with Crippen molar-refractivity contribution < 1.29 is 19.0 Å². The first-order chi connectivity index (χ1) is 11.2. The molecule has 0 radical (unpaired) electrons. The van der Waals surface area contributed by atoms with Crippen molar-refractivity contribution in [3.05, 3.63) is 17.7 Å². The minimum Gasteiger partial charge on any atom is -0.493 e. The van der Waals surface area contributed by atoms with Crippen LogP contribution in [-0.2, 0) is 0 Å². The van der Waals surface area contributed by atoms with E-state index in [1.54, 1.807) is 12.1 Å². The summed E-state index contributed by atoms with van der Waals surface area (Å²) in [7, 11) is 4.58. The first kappa shape index (κ1) is 15.6. The first-order valence-electron chi connectivity index (χ1n) is 7.85. The minimum atomic E-state index is -0.275. The van der Waals surface area contributed by atoms with Gasteiger partial charge in [-0.15, -0.1) is 0 Å². The molecular weight excluding hydrogens is 296 g/mol. The van der Waals surface area contributed by atoms with Gasteiger partial charge in [0.1, 0.15) is 0 Å². The summed E-state index contributed by atoms with van der Waals surface area (Å²) in [6, 6.07) is 3.25. The van der Waals surface area contributed by atoms with E-state index >= 15 is 0 Å². The quantitative estimate of drug-likeness (QED) is 0.620. The molecule has 0 unspecified atom stereocenters. The van der Waals surface area contributed by atoms with Crippen molar-refractivity contribution in [3.8, 4) is 17.2 Å². The second-order valence-corrected chi connectivity index (χ2v) is 5.94. The average molecular weight is 318 g/mol. The molecule has 1 N–H and O–H groups in total. The van der Waals surface area contributed by atoms with Gasteiger partial charge in [-0.25, -0.2) is 5.43 Å². The monoisotopic (exact) mass is 318 g/mol. The van der Waals surface area contributed by atoms with Crippen molar-refractivity contribution >= 4 is 11.6 Å². The van der Waals surface area contributed by atoms with Crippen LogP contribution in [0.5, 0.6) is 17.2 Å². The van der Waals surface area contributed by atoms with Gasteiger partial charge < -0.3 is 14.2 Å². The summed E-state index contributed by atoms with van der Waals surface area (Å²) in [6.07, 6.45) is 4.76. The fourth-order valence-electron chi connectivity index (χ4n) is 2.67. The van der Waals surface area contributed by atoms with E-state index in [0.717, 1.165) is 5.71 Å². The molecule has 2 saturated carbocycles. The number of amides is 1. The maximum atomic E-state index is 12.4. The Kier molecular flexibility index (Phi) is 4.41. The topological polar surface area (TPSA) is 69.2 Å². The molecule has 2 fully saturated rings. The Morgan fingerprint density at radius 1 is 1.00 bits per heavy atom. The van der Waals surface area contributed by atoms with Crippen molar-refractivity contribution in [1.82, 2.24) is 5.43 Å². The number of methoxy groups -OCH3 is 3. The van der Waals surface area contributed by atoms with E-state index in [1.807, 2.05) is 0 Å². The molecule has 2 aliphatic rings. The normalized spacial score (nSPS) is 16.5. The molecule has 2 aliphatic carbocycles. The smallest absolute Gasteiger partial charge is 0.271 e. The molecule has 0 atom stereocenters. The van der Waals surface area contributed by atoms with Crippen LogP contribution in [0.15, 0.2) is 17.2 Å². The minimum absolute atomic E-state index is 0.275. The zero-order valence-electron chi connectivity index (χ0n) is 13.7. The van der Waals surface area contributed by atoms with Crippen LogP contribution in [0.25, 0.3) is 0 Å². The summed E-state index contributed by atoms with van der Waals surface area (Å²) in [5.41, 5.74) is 4.26. The van der Waals surface area contributed by atoms with Crippen LogP contribution in [0, 0.1) is 11.8 Å². The molecule has 23 heavy (non-hydrogen) atoms. The number of carbonyl (C=O) groups excluding carboxylic acids is 1. The lowest BCUT2D eigenvalue weighted by Gasteiger charge is -2.13. The van der Waals surface area contributed by atoms with Gasteiger partial charge in [0, 0.05) is 11.3 Å². The Balaban J connectivity index is 1.80. The van der Waals surface area contributed by atoms with E-state index in [1.165, 1.54) is 47.0 Å². The highest BCUT2D eigenvalue weighted by Crippen LogP contribution is 2.42. The fourth-order valence-corrected chi connectivity index (χ4v) is 2.67. The van der Waals surface area contributed by atoms with Gasteiger partial charge >= 0.3 is 0 Å². The second-order valence-electron chi connectivity index (χ2n) is 5.94. The van der Waals surface area contributed by atoms with Gasteiger partial charge in [0.15, 0.2) is 11.5 Å². The Morgan fingerprint density at radius 3 is 1.91 bits per heavy atom. The third kappa shape index (κ3) is 3.41. The first-order valence-corrected chi connectivity index (χ1v) is 7.85. The molecule has 124 valence electrons. The van der Waals surface area contributed by atoms with Gasteiger partial charge in [0.2, 0.25) is 5.75 Å². The Labute approximate surface area is 135 Å². The third-order valence-corrected chi connectivity index (χ3v) is 4.20. The Hall–Kier alpha value is -2.24. The Bertz CT molecular complexity index is 594. The van der Waals surface area contributed by atoms with Gasteiger partial charge in [-0.2, -0.15) is 5.10 Å². The van der Waals surface area contributed by atoms with Crippen LogP contribution < -0.4 is 19.6 Å². The number of hydrogen-bond donors (Lipinski definition) is 1. The predicted octanol–water partition coefficient (Wildman–Crippen LogP) is 2.62. The molecule has 1 aromatic carbocycles. The Morgan fingerprint density at radius 2 is 1.52 bits per heavy atom. The standard InChI is InChI=1S/C17H22N2O4/c1-21-13-8-12(9-14(22-2)16(13)23-3)17(20)19-18-15(10-4-5-10)11-6-7-11/h8-11H,4-7H2,1-3H3,(H,19,20). The van der Waals surface area contributed by atoms with Crippen LogP contribution in [-0.4, -0.2) is 32.9 Å². The lowest BCUT2D eigenvalue weighted by Crippen LogP contribution is -2.21. The van der Waals surface area contributed by atoms with Crippen LogP contribution in [0.2, 0.25) is 0 Å². The van der Waals surface area contributed by atoms with Crippen LogP contribution >= 0.6 is 0 Å². The summed E-state index contributed by atoms with van der Waals surface area (Å²) in [5.74, 6) is 2.23. The van der Waals surface area contributed by atoms with Gasteiger partial charge in [0.05, 0.1) is 21.3 Å². The van der Waals surface area contributed by atoms with Crippen molar-refractivity contribution in [2.24, 2.45) is 16.9 Å². The van der Waals surface area contributed by atoms with Gasteiger partial charge in [0.25, 0.3) is 5.91 Å². The largest absolute Gasteiger partial charge is 0.493 e. The van der Waals surface area contributed by atoms with E-state index in [-0.39, 0.29) is 5.91 Å². The predicted molar refractivity (Wildman–Crippen MR) is 86.4 cm³/mol. The van der Waals surface area contributed by atoms with Crippen molar-refractivity contribution in [2.75, 3.05) is 21.3 Å². The second kappa shape index (κ2) is 6.48. The maximum absolute atomic E-state index is 12.4. The molecule has 6 nitrogen and oxygen atoms in total. The van der Waals surface area contributed by atoms with E-state index in [9.17, 15) is 4.79 Å². The molecule has 0 bridgehead atoms. The van der Waals surface area contributed by atoms with Crippen molar-refractivity contribution in [1.29, 1.82) is 0 Å². The number of benzene rings is 1. The van der Waals surface area contributed by atoms with E-state index < -0.39 is 0 Å². The van der Waals surface area contributed by atoms with Crippen molar-refractivity contribution in [2.45, 2.75) is 25.7 Å². The molecular formula is C17H22N2O4. The number of rotatable bonds is 7. The number of nitrogens with one attached hydrogen (secondary N) is 1. The summed E-state index contributed by atoms with van der Waals surface area (Å²) in [5, 5.41) is 4.38. The van der Waals surface area contributed by atoms with E-state index in [0.29, 0.717) is 34.6 Å². The van der Waals surface area contributed by atoms with Crippen LogP contribution in [0.4, 0.5) is 0 Å². The molecule has 0 saturated heterocycles. The molecule has 0 aromatic heterocycles. The number of ether oxygens (including phenoxy) is 3. The number of nitrogens with zero attached hydrogens (tertiary/aromatic N) is 1. The summed E-state index contributed by atoms with van der Waals surface area (Å²) in [6.45, 7) is 0. The summed E-state index contributed by atoms with van der Waals surface area (Å²) < 4.78 is 15.8. The number of hydrogen-bond acceptors (Lipinski definition) is 5. The molecule has 0 spiro atoms. The van der Waals surface area contributed by atoms with Crippen LogP contribution in [0.3, 0.4) is 0 Å². The molecule has 1 amide bonds. The average Bonchev–Trinajstić information content (AvgIpc) is 3.46. The SMILES string of the molecule is COc1cc(C(=O)NN=C(C2CC2)C2CC2)cc(OC)c1OC. The molecule has 0 heterocycles. The lowest BCUT2D eigenvalue weighted by atomic mass is 10.1. The molecule has 6 heteroatoms. The van der Waals surface area contributed by atoms with Gasteiger partial charge in [-0.3, -0.25) is 4.79 Å². The van der Waals surface area contributed by atoms with Crippen molar-refractivity contribution in [3.63, 3.8) is 0 Å². The number of hydrazone groups is 1. The number of carbonyl (C=O) groups is 1. The lowest BCUT2D eigenvalue weighted by molar-refractivity contribution is 0.0953. The highest BCUT2D eigenvalue weighted by atomic mass is 16.5. The zero-order chi connectivity index (χ0) is 16.4. The van der Waals surface area contributed by atoms with Crippen LogP contribution in [0.1, 0.15) is 36.0 Å². The zero-order valence-corrected chi connectivity index (χ0v) is 13.7. The summed E-state index contributed by atoms with van der Waals surface area (Å²) >= 11 is 0. The van der Waals surface area contributed by atoms with Gasteiger partial charge in [-0.1, -0.05) is 0 Å². The fraction of sp³-hybridized carbons (Fsp3) is 0.529. The van der Waals surface area contributed by atoms with E-state index in [4.69, 9.17) is 14.2 Å². The van der Waals surface area contributed by atoms with Gasteiger partial charge in [-0.05, 0) is 49.7 Å². The van der Waals surface area contributed by atoms with E-state index in [2.05, 4.69) is 10.5 Å². The molecule has 3 rings (SSSR count). The molecule has 1 aromatic rings. The molecule has 0 aliphatic heterocycles. The highest BCUT2D eigenvalue weighted by Gasteiger charge is 2.38. The highest BCUT2D eigenvalue weighted by molar-refractivity contribution is 5.98.